The third-order valence-electron chi connectivity index (χ3n) is 4.95. The first-order valence-electron chi connectivity index (χ1n) is 9.99. The summed E-state index contributed by atoms with van der Waals surface area (Å²) in [5, 5.41) is 5.55. The second kappa shape index (κ2) is 10.5. The van der Waals surface area contributed by atoms with Crippen LogP contribution in [0.3, 0.4) is 0 Å². The molecule has 1 aliphatic carbocycles. The molecule has 2 aromatic carbocycles. The Morgan fingerprint density at radius 3 is 2.07 bits per heavy atom. The van der Waals surface area contributed by atoms with Gasteiger partial charge >= 0.3 is 0 Å². The molecule has 2 aromatic rings. The quantitative estimate of drug-likeness (QED) is 0.532. The van der Waals surface area contributed by atoms with E-state index in [-0.39, 0.29) is 18.6 Å². The molecule has 152 valence electrons. The van der Waals surface area contributed by atoms with Gasteiger partial charge in [0.1, 0.15) is 6.61 Å². The Morgan fingerprint density at radius 1 is 0.862 bits per heavy atom. The molecule has 29 heavy (non-hydrogen) atoms. The number of ketones is 1. The van der Waals surface area contributed by atoms with E-state index in [1.54, 1.807) is 60.7 Å². The summed E-state index contributed by atoms with van der Waals surface area (Å²) in [7, 11) is 0. The number of nitrogens with one attached hydrogen (secondary N) is 2. The van der Waals surface area contributed by atoms with Crippen LogP contribution in [0.25, 0.3) is 0 Å². The summed E-state index contributed by atoms with van der Waals surface area (Å²) >= 11 is 0. The highest BCUT2D eigenvalue weighted by molar-refractivity contribution is 6.03. The molecule has 1 aliphatic rings. The molecule has 1 atom stereocenters. The van der Waals surface area contributed by atoms with Crippen LogP contribution in [0, 0.1) is 0 Å². The minimum atomic E-state index is -1.25. The number of benzene rings is 2. The van der Waals surface area contributed by atoms with E-state index in [0.29, 0.717) is 11.1 Å². The van der Waals surface area contributed by atoms with Crippen molar-refractivity contribution >= 4 is 17.6 Å². The summed E-state index contributed by atoms with van der Waals surface area (Å²) < 4.78 is 5.56. The van der Waals surface area contributed by atoms with Crippen molar-refractivity contribution in [2.24, 2.45) is 0 Å². The van der Waals surface area contributed by atoms with Crippen molar-refractivity contribution in [3.8, 4) is 0 Å². The van der Waals surface area contributed by atoms with Gasteiger partial charge in [0.15, 0.2) is 6.23 Å². The number of rotatable bonds is 8. The lowest BCUT2D eigenvalue weighted by Gasteiger charge is -2.23. The van der Waals surface area contributed by atoms with E-state index in [2.05, 4.69) is 10.6 Å². The Kier molecular flexibility index (Phi) is 7.53. The molecule has 0 aromatic heterocycles. The van der Waals surface area contributed by atoms with Gasteiger partial charge in [-0.1, -0.05) is 67.8 Å². The summed E-state index contributed by atoms with van der Waals surface area (Å²) in [5.74, 6) is -1.12. The van der Waals surface area contributed by atoms with E-state index < -0.39 is 17.9 Å². The number of hydrogen-bond acceptors (Lipinski definition) is 4. The van der Waals surface area contributed by atoms with E-state index >= 15 is 0 Å². The van der Waals surface area contributed by atoms with E-state index in [1.807, 2.05) is 0 Å². The minimum absolute atomic E-state index is 0.155. The first kappa shape index (κ1) is 20.7. The summed E-state index contributed by atoms with van der Waals surface area (Å²) in [4.78, 5) is 37.6. The first-order chi connectivity index (χ1) is 14.1. The molecule has 6 heteroatoms. The third kappa shape index (κ3) is 6.26. The van der Waals surface area contributed by atoms with Gasteiger partial charge in [0.25, 0.3) is 5.91 Å². The average molecular weight is 394 g/mol. The van der Waals surface area contributed by atoms with Crippen LogP contribution in [0.15, 0.2) is 60.7 Å². The molecule has 0 saturated heterocycles. The van der Waals surface area contributed by atoms with Gasteiger partial charge in [-0.15, -0.1) is 0 Å². The van der Waals surface area contributed by atoms with Crippen molar-refractivity contribution in [2.45, 2.75) is 44.4 Å². The van der Waals surface area contributed by atoms with Crippen LogP contribution in [0.4, 0.5) is 0 Å². The normalized spacial score (nSPS) is 15.3. The van der Waals surface area contributed by atoms with Gasteiger partial charge in [0.2, 0.25) is 11.7 Å². The maximum atomic E-state index is 12.8. The average Bonchev–Trinajstić information content (AvgIpc) is 2.78. The molecule has 1 saturated carbocycles. The number of hydrogen-bond donors (Lipinski definition) is 2. The van der Waals surface area contributed by atoms with Gasteiger partial charge in [-0.3, -0.25) is 14.4 Å². The second-order valence-electron chi connectivity index (χ2n) is 7.16. The Morgan fingerprint density at radius 2 is 1.45 bits per heavy atom. The van der Waals surface area contributed by atoms with Crippen LogP contribution >= 0.6 is 0 Å². The molecular formula is C23H26N2O4. The van der Waals surface area contributed by atoms with Crippen molar-refractivity contribution in [2.75, 3.05) is 6.61 Å². The monoisotopic (exact) mass is 394 g/mol. The van der Waals surface area contributed by atoms with Gasteiger partial charge in [-0.05, 0) is 25.0 Å². The topological polar surface area (TPSA) is 84.5 Å². The Bertz CT molecular complexity index is 817. The summed E-state index contributed by atoms with van der Waals surface area (Å²) in [6.07, 6.45) is 4.08. The molecule has 0 bridgehead atoms. The fourth-order valence-electron chi connectivity index (χ4n) is 3.40. The smallest absolute Gasteiger partial charge is 0.253 e. The highest BCUT2D eigenvalue weighted by Crippen LogP contribution is 2.17. The van der Waals surface area contributed by atoms with E-state index in [1.165, 1.54) is 6.42 Å². The summed E-state index contributed by atoms with van der Waals surface area (Å²) in [5.41, 5.74) is 0.812. The lowest BCUT2D eigenvalue weighted by atomic mass is 9.95. The van der Waals surface area contributed by atoms with Crippen LogP contribution in [0.5, 0.6) is 0 Å². The minimum Gasteiger partial charge on any atom is -0.351 e. The molecule has 2 amide bonds. The zero-order valence-corrected chi connectivity index (χ0v) is 16.3. The number of amides is 2. The van der Waals surface area contributed by atoms with Crippen LogP contribution < -0.4 is 10.6 Å². The van der Waals surface area contributed by atoms with Crippen molar-refractivity contribution in [1.29, 1.82) is 0 Å². The van der Waals surface area contributed by atoms with Crippen molar-refractivity contribution in [1.82, 2.24) is 10.6 Å². The Hall–Kier alpha value is -2.99. The lowest BCUT2D eigenvalue weighted by Crippen LogP contribution is -2.46. The largest absolute Gasteiger partial charge is 0.351 e. The predicted octanol–water partition coefficient (Wildman–Crippen LogP) is 3.09. The molecule has 6 nitrogen and oxygen atoms in total. The van der Waals surface area contributed by atoms with E-state index in [9.17, 15) is 14.4 Å². The van der Waals surface area contributed by atoms with Crippen LogP contribution in [-0.2, 0) is 9.53 Å². The molecule has 0 heterocycles. The fourth-order valence-corrected chi connectivity index (χ4v) is 3.40. The lowest BCUT2D eigenvalue weighted by molar-refractivity contribution is -0.128. The van der Waals surface area contributed by atoms with E-state index in [0.717, 1.165) is 25.7 Å². The van der Waals surface area contributed by atoms with Gasteiger partial charge in [0.05, 0.1) is 0 Å². The second-order valence-corrected chi connectivity index (χ2v) is 7.16. The molecule has 0 radical (unpaired) electrons. The molecule has 0 spiro atoms. The Balaban J connectivity index is 1.64. The highest BCUT2D eigenvalue weighted by Gasteiger charge is 2.25. The molecule has 0 aliphatic heterocycles. The summed E-state index contributed by atoms with van der Waals surface area (Å²) in [6.45, 7) is -0.297. The highest BCUT2D eigenvalue weighted by atomic mass is 16.5. The third-order valence-corrected chi connectivity index (χ3v) is 4.95. The molecule has 3 rings (SSSR count). The summed E-state index contributed by atoms with van der Waals surface area (Å²) in [6, 6.07) is 17.3. The Labute approximate surface area is 170 Å². The zero-order valence-electron chi connectivity index (χ0n) is 16.3. The van der Waals surface area contributed by atoms with Gasteiger partial charge in [-0.2, -0.15) is 0 Å². The molecule has 2 N–H and O–H groups in total. The predicted molar refractivity (Wildman–Crippen MR) is 109 cm³/mol. The molecule has 1 fully saturated rings. The first-order valence-corrected chi connectivity index (χ1v) is 9.99. The van der Waals surface area contributed by atoms with Crippen molar-refractivity contribution in [3.63, 3.8) is 0 Å². The maximum Gasteiger partial charge on any atom is 0.253 e. The van der Waals surface area contributed by atoms with Gasteiger partial charge in [-0.25, -0.2) is 0 Å². The van der Waals surface area contributed by atoms with Crippen LogP contribution in [0.2, 0.25) is 0 Å². The number of carbonyl (C=O) groups excluding carboxylic acids is 3. The van der Waals surface area contributed by atoms with Crippen molar-refractivity contribution < 1.29 is 19.1 Å². The number of Topliss-reactive ketones (excluding diaryl/α,β-unsaturated/α-hetero) is 1. The maximum absolute atomic E-state index is 12.8. The number of carbonyl (C=O) groups is 3. The van der Waals surface area contributed by atoms with Crippen LogP contribution in [-0.4, -0.2) is 36.5 Å². The van der Waals surface area contributed by atoms with Crippen LogP contribution in [0.1, 0.15) is 52.8 Å². The molecule has 1 unspecified atom stereocenters. The van der Waals surface area contributed by atoms with Gasteiger partial charge < -0.3 is 15.4 Å². The van der Waals surface area contributed by atoms with Crippen molar-refractivity contribution in [3.05, 3.63) is 71.8 Å². The standard InChI is InChI=1S/C23H26N2O4/c26-20(24-19-14-8-3-9-15-19)16-29-23(21(27)17-10-4-1-5-11-17)25-22(28)18-12-6-2-7-13-18/h1-2,4-7,10-13,19,23H,3,8-9,14-16H2,(H,24,26)(H,25,28). The molecular weight excluding hydrogens is 368 g/mol. The van der Waals surface area contributed by atoms with Gasteiger partial charge in [0, 0.05) is 17.2 Å². The van der Waals surface area contributed by atoms with E-state index in [4.69, 9.17) is 4.74 Å². The SMILES string of the molecule is O=C(COC(NC(=O)c1ccccc1)C(=O)c1ccccc1)NC1CCCCC1. The zero-order chi connectivity index (χ0) is 20.5. The number of ether oxygens (including phenoxy) is 1. The fraction of sp³-hybridized carbons (Fsp3) is 0.348.